The number of nitrogens with one attached hydrogen (secondary N) is 2. The Kier molecular flexibility index (Phi) is 8.15. The van der Waals surface area contributed by atoms with Crippen LogP contribution >= 0.6 is 11.8 Å². The average molecular weight is 566 g/mol. The highest BCUT2D eigenvalue weighted by molar-refractivity contribution is 8.02. The Balaban J connectivity index is 1.49. The minimum Gasteiger partial charge on any atom is -0.494 e. The van der Waals surface area contributed by atoms with Crippen molar-refractivity contribution in [2.24, 2.45) is 17.8 Å². The van der Waals surface area contributed by atoms with E-state index >= 15 is 0 Å². The molecular weight excluding hydrogens is 526 g/mol. The van der Waals surface area contributed by atoms with Crippen molar-refractivity contribution < 1.29 is 24.2 Å². The van der Waals surface area contributed by atoms with Crippen molar-refractivity contribution >= 4 is 35.2 Å². The van der Waals surface area contributed by atoms with Crippen molar-refractivity contribution in [2.45, 2.75) is 68.7 Å². The lowest BCUT2D eigenvalue weighted by atomic mass is 9.65. The van der Waals surface area contributed by atoms with Gasteiger partial charge in [-0.1, -0.05) is 37.3 Å². The highest BCUT2D eigenvalue weighted by Crippen LogP contribution is 2.68. The number of rotatable bonds is 10. The first-order valence-corrected chi connectivity index (χ1v) is 15.1. The number of anilines is 1. The van der Waals surface area contributed by atoms with Crippen LogP contribution in [-0.2, 0) is 20.8 Å². The van der Waals surface area contributed by atoms with Crippen LogP contribution in [0, 0.1) is 17.8 Å². The van der Waals surface area contributed by atoms with Crippen molar-refractivity contribution in [3.05, 3.63) is 60.2 Å². The third-order valence-corrected chi connectivity index (χ3v) is 10.6. The van der Waals surface area contributed by atoms with Gasteiger partial charge in [-0.2, -0.15) is 0 Å². The number of nitrogens with zero attached hydrogens (tertiary/aromatic N) is 1. The Morgan fingerprint density at radius 3 is 2.45 bits per heavy atom. The van der Waals surface area contributed by atoms with E-state index in [2.05, 4.69) is 17.6 Å². The van der Waals surface area contributed by atoms with Gasteiger partial charge in [-0.25, -0.2) is 0 Å². The molecule has 5 rings (SSSR count). The van der Waals surface area contributed by atoms with Crippen LogP contribution in [0.15, 0.2) is 54.6 Å². The number of amides is 3. The maximum absolute atomic E-state index is 14.4. The van der Waals surface area contributed by atoms with E-state index in [1.54, 1.807) is 28.8 Å². The van der Waals surface area contributed by atoms with Crippen LogP contribution in [0.3, 0.4) is 0 Å². The van der Waals surface area contributed by atoms with Gasteiger partial charge in [0.15, 0.2) is 0 Å². The van der Waals surface area contributed by atoms with Crippen molar-refractivity contribution in [2.75, 3.05) is 18.5 Å². The lowest BCUT2D eigenvalue weighted by Gasteiger charge is -2.40. The molecule has 1 spiro atoms. The highest BCUT2D eigenvalue weighted by Gasteiger charge is 2.76. The lowest BCUT2D eigenvalue weighted by Crippen LogP contribution is -2.59. The Hall–Kier alpha value is -3.04. The molecule has 40 heavy (non-hydrogen) atoms. The first kappa shape index (κ1) is 28.5. The predicted octanol–water partition coefficient (Wildman–Crippen LogP) is 3.49. The molecule has 3 amide bonds. The SMILES string of the molecule is CCOc1ccc(NC(=O)[C@@H]2[C@@H]3CC(C)C4(S3)C(C(=O)NC(C)C)N([C@@H](CO)Cc3ccccc3)C(=O)[C@H]24)cc1. The van der Waals surface area contributed by atoms with Gasteiger partial charge in [0, 0.05) is 17.0 Å². The summed E-state index contributed by atoms with van der Waals surface area (Å²) in [4.78, 5) is 43.8. The molecule has 2 aromatic carbocycles. The summed E-state index contributed by atoms with van der Waals surface area (Å²) in [5, 5.41) is 16.6. The zero-order chi connectivity index (χ0) is 28.6. The molecule has 3 aliphatic rings. The molecule has 3 fully saturated rings. The van der Waals surface area contributed by atoms with Gasteiger partial charge in [-0.3, -0.25) is 14.4 Å². The maximum Gasteiger partial charge on any atom is 0.244 e. The Morgan fingerprint density at radius 1 is 1.12 bits per heavy atom. The number of aliphatic hydroxyl groups excluding tert-OH is 1. The standard InChI is InChI=1S/C31H39N3O5S/c1-5-39-23-13-11-21(12-14-23)33-28(36)25-24-15-19(4)31(40-24)26(25)30(38)34(27(31)29(37)32-18(2)3)22(17-35)16-20-9-7-6-8-10-20/h6-14,18-19,22,24-27,35H,5,15-17H2,1-4H3,(H,32,37)(H,33,36)/t19?,22-,24+,25-,26+,27?,31?/m1/s1. The second kappa shape index (κ2) is 11.4. The van der Waals surface area contributed by atoms with Crippen LogP contribution < -0.4 is 15.4 Å². The van der Waals surface area contributed by atoms with Gasteiger partial charge in [0.25, 0.3) is 0 Å². The van der Waals surface area contributed by atoms with E-state index in [-0.39, 0.29) is 41.5 Å². The van der Waals surface area contributed by atoms with Gasteiger partial charge < -0.3 is 25.4 Å². The van der Waals surface area contributed by atoms with Gasteiger partial charge in [0.1, 0.15) is 11.8 Å². The predicted molar refractivity (Wildman–Crippen MR) is 156 cm³/mol. The molecule has 0 aliphatic carbocycles. The molecule has 3 unspecified atom stereocenters. The molecule has 3 heterocycles. The number of aliphatic hydroxyl groups is 1. The monoisotopic (exact) mass is 565 g/mol. The van der Waals surface area contributed by atoms with Crippen LogP contribution in [-0.4, -0.2) is 69.1 Å². The largest absolute Gasteiger partial charge is 0.494 e. The Morgan fingerprint density at radius 2 is 1.82 bits per heavy atom. The topological polar surface area (TPSA) is 108 Å². The lowest BCUT2D eigenvalue weighted by molar-refractivity contribution is -0.142. The van der Waals surface area contributed by atoms with E-state index in [1.807, 2.05) is 63.2 Å². The number of hydrogen-bond acceptors (Lipinski definition) is 6. The van der Waals surface area contributed by atoms with Gasteiger partial charge in [0.2, 0.25) is 17.7 Å². The third kappa shape index (κ3) is 4.87. The number of likely N-dealkylation sites (tertiary alicyclic amines) is 1. The minimum atomic E-state index is -0.776. The van der Waals surface area contributed by atoms with Gasteiger partial charge in [-0.05, 0) is 69.4 Å². The van der Waals surface area contributed by atoms with E-state index in [0.717, 1.165) is 17.7 Å². The zero-order valence-electron chi connectivity index (χ0n) is 23.5. The summed E-state index contributed by atoms with van der Waals surface area (Å²) < 4.78 is 4.77. The van der Waals surface area contributed by atoms with Crippen LogP contribution in [0.4, 0.5) is 5.69 Å². The molecule has 3 aliphatic heterocycles. The second-order valence-electron chi connectivity index (χ2n) is 11.4. The van der Waals surface area contributed by atoms with Crippen molar-refractivity contribution in [1.29, 1.82) is 0 Å². The quantitative estimate of drug-likeness (QED) is 0.407. The average Bonchev–Trinajstić information content (AvgIpc) is 3.52. The van der Waals surface area contributed by atoms with E-state index in [1.165, 1.54) is 0 Å². The molecule has 7 atom stereocenters. The number of ether oxygens (including phenoxy) is 1. The number of fused-ring (bicyclic) bond motifs is 1. The van der Waals surface area contributed by atoms with Crippen molar-refractivity contribution in [3.63, 3.8) is 0 Å². The van der Waals surface area contributed by atoms with E-state index < -0.39 is 28.7 Å². The summed E-state index contributed by atoms with van der Waals surface area (Å²) in [7, 11) is 0. The first-order valence-electron chi connectivity index (χ1n) is 14.2. The fourth-order valence-electron chi connectivity index (χ4n) is 6.98. The number of carbonyl (C=O) groups is 3. The van der Waals surface area contributed by atoms with Crippen LogP contribution in [0.5, 0.6) is 5.75 Å². The smallest absolute Gasteiger partial charge is 0.244 e. The maximum atomic E-state index is 14.4. The summed E-state index contributed by atoms with van der Waals surface area (Å²) in [6.07, 6.45) is 1.17. The highest BCUT2D eigenvalue weighted by atomic mass is 32.2. The number of benzene rings is 2. The van der Waals surface area contributed by atoms with Crippen LogP contribution in [0.2, 0.25) is 0 Å². The van der Waals surface area contributed by atoms with Gasteiger partial charge >= 0.3 is 0 Å². The molecule has 2 aromatic rings. The summed E-state index contributed by atoms with van der Waals surface area (Å²) in [6, 6.07) is 15.4. The molecule has 8 nitrogen and oxygen atoms in total. The third-order valence-electron chi connectivity index (χ3n) is 8.52. The summed E-state index contributed by atoms with van der Waals surface area (Å²) in [5.74, 6) is -1.09. The van der Waals surface area contributed by atoms with E-state index in [9.17, 15) is 19.5 Å². The number of thioether (sulfide) groups is 1. The molecular formula is C31H39N3O5S. The molecule has 0 radical (unpaired) electrons. The zero-order valence-corrected chi connectivity index (χ0v) is 24.3. The number of carbonyl (C=O) groups excluding carboxylic acids is 3. The van der Waals surface area contributed by atoms with Crippen LogP contribution in [0.25, 0.3) is 0 Å². The number of hydrogen-bond donors (Lipinski definition) is 3. The van der Waals surface area contributed by atoms with Crippen LogP contribution in [0.1, 0.15) is 39.7 Å². The van der Waals surface area contributed by atoms with Gasteiger partial charge in [0.05, 0.1) is 35.8 Å². The fraction of sp³-hybridized carbons (Fsp3) is 0.516. The normalized spacial score (nSPS) is 29.4. The van der Waals surface area contributed by atoms with E-state index in [0.29, 0.717) is 18.7 Å². The second-order valence-corrected chi connectivity index (χ2v) is 13.0. The molecule has 214 valence electrons. The summed E-state index contributed by atoms with van der Waals surface area (Å²) in [6.45, 7) is 8.09. The Bertz CT molecular complexity index is 1240. The molecule has 3 N–H and O–H groups in total. The first-order chi connectivity index (χ1) is 19.2. The molecule has 0 aromatic heterocycles. The molecule has 2 bridgehead atoms. The molecule has 9 heteroatoms. The molecule has 0 saturated carbocycles. The van der Waals surface area contributed by atoms with E-state index in [4.69, 9.17) is 4.74 Å². The molecule has 3 saturated heterocycles. The Labute approximate surface area is 240 Å². The minimum absolute atomic E-state index is 0.0509. The van der Waals surface area contributed by atoms with Crippen molar-refractivity contribution in [3.8, 4) is 5.75 Å². The summed E-state index contributed by atoms with van der Waals surface area (Å²) in [5.41, 5.74) is 1.61. The fourth-order valence-corrected chi connectivity index (χ4v) is 9.39. The van der Waals surface area contributed by atoms with Gasteiger partial charge in [-0.15, -0.1) is 11.8 Å². The van der Waals surface area contributed by atoms with Crippen molar-refractivity contribution in [1.82, 2.24) is 10.2 Å². The summed E-state index contributed by atoms with van der Waals surface area (Å²) >= 11 is 1.63.